The van der Waals surface area contributed by atoms with Crippen molar-refractivity contribution >= 4 is 27.5 Å². The van der Waals surface area contributed by atoms with E-state index in [0.717, 1.165) is 101 Å². The molecule has 8 heteroatoms. The Morgan fingerprint density at radius 3 is 1.47 bits per heavy atom. The smallest absolute Gasteiger partial charge is 0.308 e. The van der Waals surface area contributed by atoms with Crippen LogP contribution in [0, 0.1) is 24.8 Å². The number of rotatable bonds is 8. The van der Waals surface area contributed by atoms with E-state index in [-0.39, 0.29) is 0 Å². The molecular weight excluding hydrogens is 872 g/mol. The van der Waals surface area contributed by atoms with Crippen molar-refractivity contribution in [2.45, 2.75) is 13.1 Å². The van der Waals surface area contributed by atoms with Crippen molar-refractivity contribution in [1.82, 2.24) is 14.5 Å². The zero-order chi connectivity index (χ0) is 47.9. The van der Waals surface area contributed by atoms with Gasteiger partial charge in [0.05, 0.1) is 51.9 Å². The minimum atomic E-state index is -4.54. The number of nitriles is 1. The van der Waals surface area contributed by atoms with Crippen LogP contribution >= 0.6 is 0 Å². The highest BCUT2D eigenvalue weighted by molar-refractivity contribution is 6.13. The molecule has 11 aromatic rings. The van der Waals surface area contributed by atoms with Crippen LogP contribution in [-0.4, -0.2) is 14.5 Å². The maximum Gasteiger partial charge on any atom is 0.416 e. The van der Waals surface area contributed by atoms with Gasteiger partial charge in [-0.05, 0) is 107 Å². The van der Waals surface area contributed by atoms with Gasteiger partial charge >= 0.3 is 6.18 Å². The number of aromatic nitrogens is 3. The molecule has 11 rings (SSSR count). The first kappa shape index (κ1) is 43.2. The standard InChI is InChI=1S/C62H38F3N5/c1-39-13-17-43(18-14-39)52-35-49(57-37-56(45-9-5-3-6-10-45)68-61(69-57)46-11-7-4-8-12-46)36-53(44-21-27-50(28-22-44)62(63,64)65)60(52)70-58-31-25-47(41-19-15-40(38-66)16-20-41)33-54(58)55-34-48(26-32-59(55)70)42-23-29-51(67-2)30-24-42/h3-37H,1H3. The lowest BCUT2D eigenvalue weighted by Gasteiger charge is -2.22. The Morgan fingerprint density at radius 2 is 0.957 bits per heavy atom. The van der Waals surface area contributed by atoms with E-state index in [1.807, 2.05) is 128 Å². The van der Waals surface area contributed by atoms with E-state index in [1.165, 1.54) is 0 Å². The molecule has 0 radical (unpaired) electrons. The lowest BCUT2D eigenvalue weighted by molar-refractivity contribution is -0.137. The van der Waals surface area contributed by atoms with E-state index in [2.05, 4.69) is 82.2 Å². The molecule has 0 spiro atoms. The summed E-state index contributed by atoms with van der Waals surface area (Å²) in [6.45, 7) is 9.56. The molecule has 332 valence electrons. The second-order valence-corrected chi connectivity index (χ2v) is 17.2. The fourth-order valence-corrected chi connectivity index (χ4v) is 9.19. The van der Waals surface area contributed by atoms with Crippen LogP contribution in [0.5, 0.6) is 0 Å². The summed E-state index contributed by atoms with van der Waals surface area (Å²) in [7, 11) is 0. The van der Waals surface area contributed by atoms with E-state index in [4.69, 9.17) is 16.5 Å². The van der Waals surface area contributed by atoms with E-state index in [1.54, 1.807) is 12.1 Å². The Bertz CT molecular complexity index is 3670. The number of alkyl halides is 3. The quantitative estimate of drug-likeness (QED) is 0.143. The average Bonchev–Trinajstić information content (AvgIpc) is 3.73. The number of nitrogens with zero attached hydrogens (tertiary/aromatic N) is 5. The van der Waals surface area contributed by atoms with Gasteiger partial charge in [0.25, 0.3) is 0 Å². The third kappa shape index (κ3) is 8.14. The minimum absolute atomic E-state index is 0.536. The van der Waals surface area contributed by atoms with Crippen molar-refractivity contribution in [1.29, 1.82) is 5.26 Å². The molecule has 0 aliphatic rings. The fourth-order valence-electron chi connectivity index (χ4n) is 9.19. The molecule has 9 aromatic carbocycles. The molecule has 0 amide bonds. The van der Waals surface area contributed by atoms with Crippen LogP contribution in [0.4, 0.5) is 18.9 Å². The van der Waals surface area contributed by atoms with Crippen LogP contribution in [0.3, 0.4) is 0 Å². The van der Waals surface area contributed by atoms with Crippen LogP contribution < -0.4 is 0 Å². The van der Waals surface area contributed by atoms with Gasteiger partial charge < -0.3 is 4.57 Å². The number of hydrogen-bond acceptors (Lipinski definition) is 3. The molecule has 0 N–H and O–H groups in total. The SMILES string of the molecule is [C-]#[N+]c1ccc(-c2ccc3c(c2)c2cc(-c4ccc(C#N)cc4)ccc2n3-c2c(-c3ccc(C)cc3)cc(-c3cc(-c4ccccc4)nc(-c4ccccc4)n3)cc2-c2ccc(C(F)(F)F)cc2)cc1. The highest BCUT2D eigenvalue weighted by atomic mass is 19.4. The lowest BCUT2D eigenvalue weighted by atomic mass is 9.91. The summed E-state index contributed by atoms with van der Waals surface area (Å²) in [6, 6.07) is 69.5. The van der Waals surface area contributed by atoms with Gasteiger partial charge in [0.1, 0.15) is 0 Å². The first-order chi connectivity index (χ1) is 34.1. The first-order valence-electron chi connectivity index (χ1n) is 22.6. The topological polar surface area (TPSA) is 58.9 Å². The zero-order valence-corrected chi connectivity index (χ0v) is 37.6. The Kier molecular flexibility index (Phi) is 10.9. The molecule has 0 unspecified atom stereocenters. The third-order valence-electron chi connectivity index (χ3n) is 12.8. The summed E-state index contributed by atoms with van der Waals surface area (Å²) < 4.78 is 45.1. The average molecular weight is 910 g/mol. The van der Waals surface area contributed by atoms with Crippen molar-refractivity contribution in [3.8, 4) is 90.2 Å². The van der Waals surface area contributed by atoms with Crippen LogP contribution in [0.15, 0.2) is 212 Å². The van der Waals surface area contributed by atoms with Crippen molar-refractivity contribution in [2.24, 2.45) is 0 Å². The van der Waals surface area contributed by atoms with E-state index >= 15 is 0 Å². The van der Waals surface area contributed by atoms with Gasteiger partial charge in [-0.3, -0.25) is 0 Å². The molecule has 2 aromatic heterocycles. The molecule has 70 heavy (non-hydrogen) atoms. The van der Waals surface area contributed by atoms with Crippen molar-refractivity contribution < 1.29 is 13.2 Å². The zero-order valence-electron chi connectivity index (χ0n) is 37.6. The number of hydrogen-bond donors (Lipinski definition) is 0. The fraction of sp³-hybridized carbons (Fsp3) is 0.0323. The lowest BCUT2D eigenvalue weighted by Crippen LogP contribution is -2.05. The Labute approximate surface area is 402 Å². The molecular formula is C62H38F3N5. The first-order valence-corrected chi connectivity index (χ1v) is 22.6. The van der Waals surface area contributed by atoms with Gasteiger partial charge in [-0.15, -0.1) is 0 Å². The second-order valence-electron chi connectivity index (χ2n) is 17.2. The molecule has 0 fully saturated rings. The van der Waals surface area contributed by atoms with Crippen LogP contribution in [0.1, 0.15) is 16.7 Å². The summed E-state index contributed by atoms with van der Waals surface area (Å²) in [5, 5.41) is 11.5. The van der Waals surface area contributed by atoms with Gasteiger partial charge in [0.15, 0.2) is 11.5 Å². The van der Waals surface area contributed by atoms with Gasteiger partial charge in [0, 0.05) is 38.6 Å². The maximum atomic E-state index is 14.3. The molecule has 5 nitrogen and oxygen atoms in total. The predicted octanol–water partition coefficient (Wildman–Crippen LogP) is 17.0. The van der Waals surface area contributed by atoms with E-state index in [0.29, 0.717) is 33.9 Å². The number of aryl methyl sites for hydroxylation is 1. The monoisotopic (exact) mass is 909 g/mol. The maximum absolute atomic E-state index is 14.3. The molecule has 0 bridgehead atoms. The van der Waals surface area contributed by atoms with Gasteiger partial charge in [0.2, 0.25) is 0 Å². The Hall–Kier alpha value is -9.37. The van der Waals surface area contributed by atoms with Crippen LogP contribution in [0.25, 0.3) is 111 Å². The number of halogens is 3. The van der Waals surface area contributed by atoms with Crippen molar-refractivity contribution in [3.63, 3.8) is 0 Å². The van der Waals surface area contributed by atoms with E-state index < -0.39 is 11.7 Å². The molecule has 0 aliphatic carbocycles. The predicted molar refractivity (Wildman–Crippen MR) is 275 cm³/mol. The largest absolute Gasteiger partial charge is 0.416 e. The minimum Gasteiger partial charge on any atom is -0.308 e. The number of fused-ring (bicyclic) bond motifs is 3. The van der Waals surface area contributed by atoms with Crippen LogP contribution in [-0.2, 0) is 6.18 Å². The third-order valence-corrected chi connectivity index (χ3v) is 12.8. The summed E-state index contributed by atoms with van der Waals surface area (Å²) in [5.41, 5.74) is 14.6. The van der Waals surface area contributed by atoms with Gasteiger partial charge in [-0.25, -0.2) is 14.8 Å². The molecule has 2 heterocycles. The summed E-state index contributed by atoms with van der Waals surface area (Å²) >= 11 is 0. The Balaban J connectivity index is 1.24. The van der Waals surface area contributed by atoms with Gasteiger partial charge in [-0.1, -0.05) is 151 Å². The van der Waals surface area contributed by atoms with Crippen LogP contribution in [0.2, 0.25) is 0 Å². The molecule has 0 atom stereocenters. The van der Waals surface area contributed by atoms with Gasteiger partial charge in [-0.2, -0.15) is 18.4 Å². The highest BCUT2D eigenvalue weighted by Crippen LogP contribution is 2.46. The second kappa shape index (κ2) is 17.7. The highest BCUT2D eigenvalue weighted by Gasteiger charge is 2.31. The molecule has 0 saturated carbocycles. The van der Waals surface area contributed by atoms with Crippen molar-refractivity contribution in [3.05, 3.63) is 240 Å². The normalized spacial score (nSPS) is 11.4. The van der Waals surface area contributed by atoms with E-state index in [9.17, 15) is 18.4 Å². The van der Waals surface area contributed by atoms with Crippen molar-refractivity contribution in [2.75, 3.05) is 0 Å². The number of benzene rings is 9. The summed E-state index contributed by atoms with van der Waals surface area (Å²) in [4.78, 5) is 13.9. The molecule has 0 aliphatic heterocycles. The molecule has 0 saturated heterocycles. The summed E-state index contributed by atoms with van der Waals surface area (Å²) in [6.07, 6.45) is -4.54. The Morgan fingerprint density at radius 1 is 0.486 bits per heavy atom. The summed E-state index contributed by atoms with van der Waals surface area (Å²) in [5.74, 6) is 0.536.